The van der Waals surface area contributed by atoms with Crippen LogP contribution in [0.2, 0.25) is 0 Å². The van der Waals surface area contributed by atoms with Gasteiger partial charge in [-0.25, -0.2) is 4.79 Å². The molecule has 0 bridgehead atoms. The van der Waals surface area contributed by atoms with Gasteiger partial charge in [-0.15, -0.1) is 5.92 Å². The average Bonchev–Trinajstić information content (AvgIpc) is 3.09. The van der Waals surface area contributed by atoms with Crippen LogP contribution >= 0.6 is 0 Å². The van der Waals surface area contributed by atoms with Crippen LogP contribution < -0.4 is 15.8 Å². The quantitative estimate of drug-likeness (QED) is 0.580. The second-order valence-corrected chi connectivity index (χ2v) is 7.06. The molecule has 1 atom stereocenters. The van der Waals surface area contributed by atoms with Crippen molar-refractivity contribution in [1.82, 2.24) is 19.1 Å². The fourth-order valence-corrected chi connectivity index (χ4v) is 3.44. The Kier molecular flexibility index (Phi) is 6.42. The number of imidazole rings is 1. The molecule has 29 heavy (non-hydrogen) atoms. The van der Waals surface area contributed by atoms with E-state index in [0.29, 0.717) is 17.7 Å². The van der Waals surface area contributed by atoms with Gasteiger partial charge in [-0.1, -0.05) is 5.92 Å². The summed E-state index contributed by atoms with van der Waals surface area (Å²) in [7, 11) is 1.62. The fraction of sp³-hybridized carbons (Fsp3) is 0.600. The molecular weight excluding hydrogens is 372 g/mol. The van der Waals surface area contributed by atoms with Gasteiger partial charge in [-0.2, -0.15) is 9.97 Å². The van der Waals surface area contributed by atoms with Gasteiger partial charge >= 0.3 is 5.97 Å². The summed E-state index contributed by atoms with van der Waals surface area (Å²) in [6.45, 7) is 7.65. The second-order valence-electron chi connectivity index (χ2n) is 7.06. The van der Waals surface area contributed by atoms with Gasteiger partial charge in [0.05, 0.1) is 13.2 Å². The van der Waals surface area contributed by atoms with Crippen LogP contribution in [0.5, 0.6) is 0 Å². The first-order chi connectivity index (χ1) is 14.0. The van der Waals surface area contributed by atoms with E-state index in [2.05, 4.69) is 32.0 Å². The van der Waals surface area contributed by atoms with E-state index in [1.807, 2.05) is 4.57 Å². The molecule has 1 aliphatic rings. The summed E-state index contributed by atoms with van der Waals surface area (Å²) in [5, 5.41) is 2.97. The van der Waals surface area contributed by atoms with E-state index in [4.69, 9.17) is 4.74 Å². The smallest absolute Gasteiger partial charge is 0.328 e. The molecule has 1 saturated heterocycles. The van der Waals surface area contributed by atoms with Crippen LogP contribution in [0.15, 0.2) is 4.79 Å². The molecule has 0 aromatic carbocycles. The number of ether oxygens (including phenoxy) is 1. The maximum Gasteiger partial charge on any atom is 0.328 e. The lowest BCUT2D eigenvalue weighted by molar-refractivity contribution is -0.143. The number of esters is 1. The predicted octanol–water partition coefficient (Wildman–Crippen LogP) is 1.51. The van der Waals surface area contributed by atoms with Crippen LogP contribution in [0.25, 0.3) is 11.2 Å². The number of carbonyl (C=O) groups excluding carboxylic acids is 1. The number of carbonyl (C=O) groups is 1. The third-order valence-corrected chi connectivity index (χ3v) is 5.00. The standard InChI is InChI=1S/C20H28N6O3/c1-5-7-13-26-15-16(23-20(26)25-11-9-8-10-12-25)22-19(24(4)17(15)27)21-14(3)18(28)29-6-2/h14H,6,8-13H2,1-4H3,(H,21,22)/t14-/m1/s1. The normalized spacial score (nSPS) is 15.0. The maximum absolute atomic E-state index is 13.1. The van der Waals surface area contributed by atoms with E-state index in [1.54, 1.807) is 27.8 Å². The molecule has 1 aliphatic heterocycles. The van der Waals surface area contributed by atoms with E-state index in [9.17, 15) is 9.59 Å². The third-order valence-electron chi connectivity index (χ3n) is 5.00. The van der Waals surface area contributed by atoms with Crippen molar-refractivity contribution in [2.24, 2.45) is 7.05 Å². The van der Waals surface area contributed by atoms with E-state index in [-0.39, 0.29) is 18.1 Å². The summed E-state index contributed by atoms with van der Waals surface area (Å²) in [5.74, 6) is 6.52. The van der Waals surface area contributed by atoms with Crippen molar-refractivity contribution < 1.29 is 9.53 Å². The number of piperidine rings is 1. The summed E-state index contributed by atoms with van der Waals surface area (Å²) in [5.41, 5.74) is 0.539. The largest absolute Gasteiger partial charge is 0.464 e. The number of nitrogens with one attached hydrogen (secondary N) is 1. The van der Waals surface area contributed by atoms with Gasteiger partial charge in [0.25, 0.3) is 5.56 Å². The Balaban J connectivity index is 2.07. The highest BCUT2D eigenvalue weighted by molar-refractivity contribution is 5.79. The van der Waals surface area contributed by atoms with Gasteiger partial charge in [0.2, 0.25) is 11.9 Å². The lowest BCUT2D eigenvalue weighted by atomic mass is 10.1. The number of rotatable bonds is 6. The summed E-state index contributed by atoms with van der Waals surface area (Å²) in [6, 6.07) is -0.639. The fourth-order valence-electron chi connectivity index (χ4n) is 3.44. The first kappa shape index (κ1) is 20.7. The molecule has 1 fully saturated rings. The van der Waals surface area contributed by atoms with Gasteiger partial charge in [0, 0.05) is 20.1 Å². The molecule has 0 radical (unpaired) electrons. The highest BCUT2D eigenvalue weighted by Crippen LogP contribution is 2.23. The van der Waals surface area contributed by atoms with Gasteiger partial charge in [-0.05, 0) is 40.0 Å². The van der Waals surface area contributed by atoms with Crippen molar-refractivity contribution in [3.8, 4) is 11.8 Å². The molecule has 0 amide bonds. The Morgan fingerprint density at radius 1 is 1.28 bits per heavy atom. The number of aromatic nitrogens is 4. The van der Waals surface area contributed by atoms with E-state index in [1.165, 1.54) is 11.0 Å². The maximum atomic E-state index is 13.1. The summed E-state index contributed by atoms with van der Waals surface area (Å²) in [4.78, 5) is 36.5. The number of fused-ring (bicyclic) bond motifs is 1. The minimum absolute atomic E-state index is 0.234. The number of hydrogen-bond donors (Lipinski definition) is 1. The van der Waals surface area contributed by atoms with E-state index >= 15 is 0 Å². The number of anilines is 2. The molecule has 2 aromatic heterocycles. The average molecular weight is 400 g/mol. The molecule has 3 heterocycles. The monoisotopic (exact) mass is 400 g/mol. The van der Waals surface area contributed by atoms with E-state index < -0.39 is 12.0 Å². The minimum Gasteiger partial charge on any atom is -0.464 e. The highest BCUT2D eigenvalue weighted by Gasteiger charge is 2.24. The molecule has 0 spiro atoms. The minimum atomic E-state index is -0.639. The molecule has 0 unspecified atom stereocenters. The Morgan fingerprint density at radius 2 is 2.00 bits per heavy atom. The van der Waals surface area contributed by atoms with Crippen molar-refractivity contribution in [3.63, 3.8) is 0 Å². The lowest BCUT2D eigenvalue weighted by Gasteiger charge is -2.27. The summed E-state index contributed by atoms with van der Waals surface area (Å²) < 4.78 is 8.27. The zero-order valence-electron chi connectivity index (χ0n) is 17.5. The summed E-state index contributed by atoms with van der Waals surface area (Å²) >= 11 is 0. The van der Waals surface area contributed by atoms with Gasteiger partial charge < -0.3 is 15.0 Å². The summed E-state index contributed by atoms with van der Waals surface area (Å²) in [6.07, 6.45) is 3.39. The third kappa shape index (κ3) is 4.21. The van der Waals surface area contributed by atoms with Crippen molar-refractivity contribution in [3.05, 3.63) is 10.4 Å². The van der Waals surface area contributed by atoms with Crippen LogP contribution in [-0.2, 0) is 23.1 Å². The molecule has 9 heteroatoms. The van der Waals surface area contributed by atoms with Crippen molar-refractivity contribution in [2.45, 2.75) is 52.6 Å². The van der Waals surface area contributed by atoms with Gasteiger partial charge in [-0.3, -0.25) is 13.9 Å². The highest BCUT2D eigenvalue weighted by atomic mass is 16.5. The van der Waals surface area contributed by atoms with E-state index in [0.717, 1.165) is 31.9 Å². The molecule has 2 aromatic rings. The van der Waals surface area contributed by atoms with Gasteiger partial charge in [0.1, 0.15) is 6.04 Å². The molecule has 0 saturated carbocycles. The zero-order valence-corrected chi connectivity index (χ0v) is 17.5. The lowest BCUT2D eigenvalue weighted by Crippen LogP contribution is -2.33. The first-order valence-corrected chi connectivity index (χ1v) is 10.0. The van der Waals surface area contributed by atoms with Crippen molar-refractivity contribution in [1.29, 1.82) is 0 Å². The van der Waals surface area contributed by atoms with Crippen LogP contribution in [0.1, 0.15) is 40.0 Å². The van der Waals surface area contributed by atoms with Crippen LogP contribution in [0.4, 0.5) is 11.9 Å². The van der Waals surface area contributed by atoms with Crippen LogP contribution in [-0.4, -0.2) is 50.8 Å². The Hall–Kier alpha value is -3.02. The zero-order chi connectivity index (χ0) is 21.0. The Morgan fingerprint density at radius 3 is 2.66 bits per heavy atom. The molecule has 156 valence electrons. The first-order valence-electron chi connectivity index (χ1n) is 10.0. The number of nitrogens with zero attached hydrogens (tertiary/aromatic N) is 5. The second kappa shape index (κ2) is 8.99. The molecule has 1 N–H and O–H groups in total. The molecule has 0 aliphatic carbocycles. The molecular formula is C20H28N6O3. The molecule has 3 rings (SSSR count). The van der Waals surface area contributed by atoms with Gasteiger partial charge in [0.15, 0.2) is 11.2 Å². The topological polar surface area (TPSA) is 94.3 Å². The number of hydrogen-bond acceptors (Lipinski definition) is 7. The van der Waals surface area contributed by atoms with Crippen LogP contribution in [0, 0.1) is 11.8 Å². The van der Waals surface area contributed by atoms with Crippen molar-refractivity contribution >= 4 is 29.0 Å². The Bertz CT molecular complexity index is 1010. The Labute approximate surface area is 170 Å². The predicted molar refractivity (Wildman–Crippen MR) is 112 cm³/mol. The van der Waals surface area contributed by atoms with Crippen LogP contribution in [0.3, 0.4) is 0 Å². The molecule has 9 nitrogen and oxygen atoms in total. The van der Waals surface area contributed by atoms with Crippen molar-refractivity contribution in [2.75, 3.05) is 29.9 Å². The SMILES string of the molecule is CC#CCn1c(N2CCCCC2)nc2nc(N[C@H](C)C(=O)OCC)n(C)c(=O)c21.